The van der Waals surface area contributed by atoms with Crippen molar-refractivity contribution in [2.24, 2.45) is 5.73 Å². The van der Waals surface area contributed by atoms with Crippen molar-refractivity contribution >= 4 is 0 Å². The van der Waals surface area contributed by atoms with Gasteiger partial charge in [0.25, 0.3) is 0 Å². The van der Waals surface area contributed by atoms with E-state index in [0.717, 1.165) is 36.3 Å². The molecule has 0 bridgehead atoms. The highest BCUT2D eigenvalue weighted by Crippen LogP contribution is 2.38. The number of benzene rings is 2. The number of aryl methyl sites for hydroxylation is 1. The molecule has 0 fully saturated rings. The van der Waals surface area contributed by atoms with Crippen molar-refractivity contribution in [3.8, 4) is 5.75 Å². The molecule has 110 valence electrons. The summed E-state index contributed by atoms with van der Waals surface area (Å²) < 4.78 is 19.2. The molecule has 2 unspecified atom stereocenters. The molecule has 0 spiro atoms. The van der Waals surface area contributed by atoms with Crippen molar-refractivity contribution in [3.05, 3.63) is 65.0 Å². The molecule has 1 heterocycles. The molecule has 0 radical (unpaired) electrons. The van der Waals surface area contributed by atoms with E-state index in [2.05, 4.69) is 6.07 Å². The molecule has 1 aliphatic rings. The zero-order chi connectivity index (χ0) is 14.8. The first-order chi connectivity index (χ1) is 10.1. The molecule has 0 amide bonds. The summed E-state index contributed by atoms with van der Waals surface area (Å²) in [5, 5.41) is 0. The van der Waals surface area contributed by atoms with Crippen LogP contribution < -0.4 is 10.5 Å². The van der Waals surface area contributed by atoms with Crippen LogP contribution in [0.15, 0.2) is 42.5 Å². The topological polar surface area (TPSA) is 35.2 Å². The maximum absolute atomic E-state index is 13.5. The summed E-state index contributed by atoms with van der Waals surface area (Å²) in [6.07, 6.45) is 1.77. The maximum Gasteiger partial charge on any atom is 0.123 e. The van der Waals surface area contributed by atoms with Crippen LogP contribution in [0.4, 0.5) is 4.39 Å². The van der Waals surface area contributed by atoms with Gasteiger partial charge in [0.05, 0.1) is 6.61 Å². The van der Waals surface area contributed by atoms with Gasteiger partial charge in [-0.2, -0.15) is 0 Å². The molecule has 2 aromatic rings. The van der Waals surface area contributed by atoms with E-state index in [9.17, 15) is 4.39 Å². The summed E-state index contributed by atoms with van der Waals surface area (Å²) in [5.41, 5.74) is 9.31. The SMILES string of the molecule is Cc1cc(F)cc(C(N)CC2CCOc3ccccc32)c1. The van der Waals surface area contributed by atoms with E-state index in [1.54, 1.807) is 6.07 Å². The molecule has 3 rings (SSSR count). The van der Waals surface area contributed by atoms with E-state index >= 15 is 0 Å². The Morgan fingerprint density at radius 1 is 1.29 bits per heavy atom. The molecule has 0 saturated heterocycles. The van der Waals surface area contributed by atoms with Crippen LogP contribution in [0.5, 0.6) is 5.75 Å². The fourth-order valence-electron chi connectivity index (χ4n) is 3.08. The average molecular weight is 285 g/mol. The molecule has 2 nitrogen and oxygen atoms in total. The molecular weight excluding hydrogens is 265 g/mol. The smallest absolute Gasteiger partial charge is 0.123 e. The van der Waals surface area contributed by atoms with Gasteiger partial charge in [-0.15, -0.1) is 0 Å². The van der Waals surface area contributed by atoms with Crippen LogP contribution >= 0.6 is 0 Å². The number of rotatable bonds is 3. The number of halogens is 1. The Bertz CT molecular complexity index is 621. The quantitative estimate of drug-likeness (QED) is 0.922. The predicted octanol–water partition coefficient (Wildman–Crippen LogP) is 4.09. The van der Waals surface area contributed by atoms with Crippen molar-refractivity contribution in [2.45, 2.75) is 31.7 Å². The molecule has 0 aliphatic carbocycles. The van der Waals surface area contributed by atoms with Gasteiger partial charge in [0.1, 0.15) is 11.6 Å². The standard InChI is InChI=1S/C18H20FNO/c1-12-8-14(10-15(19)9-12)17(20)11-13-6-7-21-18-5-3-2-4-16(13)18/h2-5,8-10,13,17H,6-7,11,20H2,1H3. The van der Waals surface area contributed by atoms with E-state index in [4.69, 9.17) is 10.5 Å². The van der Waals surface area contributed by atoms with Gasteiger partial charge in [-0.05, 0) is 60.6 Å². The lowest BCUT2D eigenvalue weighted by molar-refractivity contribution is 0.259. The van der Waals surface area contributed by atoms with Crippen molar-refractivity contribution in [2.75, 3.05) is 6.61 Å². The number of para-hydroxylation sites is 1. The van der Waals surface area contributed by atoms with Crippen LogP contribution in [0.3, 0.4) is 0 Å². The lowest BCUT2D eigenvalue weighted by atomic mass is 9.85. The van der Waals surface area contributed by atoms with Crippen LogP contribution in [0.25, 0.3) is 0 Å². The third-order valence-corrected chi connectivity index (χ3v) is 4.11. The van der Waals surface area contributed by atoms with Crippen LogP contribution in [-0.4, -0.2) is 6.61 Å². The van der Waals surface area contributed by atoms with E-state index in [1.807, 2.05) is 31.2 Å². The third-order valence-electron chi connectivity index (χ3n) is 4.11. The van der Waals surface area contributed by atoms with Crippen molar-refractivity contribution in [1.82, 2.24) is 0 Å². The van der Waals surface area contributed by atoms with Gasteiger partial charge in [-0.25, -0.2) is 4.39 Å². The number of hydrogen-bond donors (Lipinski definition) is 1. The number of nitrogens with two attached hydrogens (primary N) is 1. The zero-order valence-electron chi connectivity index (χ0n) is 12.2. The summed E-state index contributed by atoms with van der Waals surface area (Å²) in [6.45, 7) is 2.61. The zero-order valence-corrected chi connectivity index (χ0v) is 12.2. The maximum atomic E-state index is 13.5. The van der Waals surface area contributed by atoms with Crippen LogP contribution in [0.1, 0.15) is 41.5 Å². The molecule has 0 aromatic heterocycles. The van der Waals surface area contributed by atoms with Gasteiger partial charge in [-0.3, -0.25) is 0 Å². The average Bonchev–Trinajstić information content (AvgIpc) is 2.46. The minimum absolute atomic E-state index is 0.157. The van der Waals surface area contributed by atoms with E-state index in [0.29, 0.717) is 5.92 Å². The van der Waals surface area contributed by atoms with Crippen LogP contribution in [-0.2, 0) is 0 Å². The van der Waals surface area contributed by atoms with Crippen molar-refractivity contribution in [1.29, 1.82) is 0 Å². The number of fused-ring (bicyclic) bond motifs is 1. The van der Waals surface area contributed by atoms with Gasteiger partial charge in [0.2, 0.25) is 0 Å². The molecular formula is C18H20FNO. The predicted molar refractivity (Wildman–Crippen MR) is 82.0 cm³/mol. The van der Waals surface area contributed by atoms with Crippen LogP contribution in [0.2, 0.25) is 0 Å². The fourth-order valence-corrected chi connectivity index (χ4v) is 3.08. The molecule has 3 heteroatoms. The lowest BCUT2D eigenvalue weighted by Gasteiger charge is -2.28. The number of ether oxygens (including phenoxy) is 1. The minimum atomic E-state index is -0.215. The second-order valence-electron chi connectivity index (χ2n) is 5.78. The Morgan fingerprint density at radius 2 is 2.10 bits per heavy atom. The molecule has 2 atom stereocenters. The fraction of sp³-hybridized carbons (Fsp3) is 0.333. The van der Waals surface area contributed by atoms with Gasteiger partial charge in [0.15, 0.2) is 0 Å². The highest BCUT2D eigenvalue weighted by atomic mass is 19.1. The van der Waals surface area contributed by atoms with Gasteiger partial charge >= 0.3 is 0 Å². The summed E-state index contributed by atoms with van der Waals surface area (Å²) in [5.74, 6) is 1.11. The second-order valence-corrected chi connectivity index (χ2v) is 5.78. The van der Waals surface area contributed by atoms with Gasteiger partial charge in [0, 0.05) is 6.04 Å². The largest absolute Gasteiger partial charge is 0.493 e. The molecule has 2 N–H and O–H groups in total. The Balaban J connectivity index is 1.81. The summed E-state index contributed by atoms with van der Waals surface area (Å²) in [6, 6.07) is 13.0. The first-order valence-corrected chi connectivity index (χ1v) is 7.38. The Kier molecular flexibility index (Phi) is 3.93. The van der Waals surface area contributed by atoms with Crippen molar-refractivity contribution < 1.29 is 9.13 Å². The summed E-state index contributed by atoms with van der Waals surface area (Å²) >= 11 is 0. The van der Waals surface area contributed by atoms with Crippen LogP contribution in [0, 0.1) is 12.7 Å². The molecule has 1 aliphatic heterocycles. The van der Waals surface area contributed by atoms with E-state index in [1.165, 1.54) is 11.6 Å². The van der Waals surface area contributed by atoms with E-state index in [-0.39, 0.29) is 11.9 Å². The van der Waals surface area contributed by atoms with Gasteiger partial charge in [-0.1, -0.05) is 24.3 Å². The summed E-state index contributed by atoms with van der Waals surface area (Å²) in [7, 11) is 0. The van der Waals surface area contributed by atoms with Gasteiger partial charge < -0.3 is 10.5 Å². The number of hydrogen-bond acceptors (Lipinski definition) is 2. The normalized spacial score (nSPS) is 18.7. The van der Waals surface area contributed by atoms with Crippen molar-refractivity contribution in [3.63, 3.8) is 0 Å². The first-order valence-electron chi connectivity index (χ1n) is 7.38. The molecule has 2 aromatic carbocycles. The Labute approximate surface area is 124 Å². The monoisotopic (exact) mass is 285 g/mol. The first kappa shape index (κ1) is 14.1. The molecule has 0 saturated carbocycles. The second kappa shape index (κ2) is 5.86. The summed E-state index contributed by atoms with van der Waals surface area (Å²) in [4.78, 5) is 0. The Hall–Kier alpha value is -1.87. The third kappa shape index (κ3) is 3.08. The highest BCUT2D eigenvalue weighted by molar-refractivity contribution is 5.38. The van der Waals surface area contributed by atoms with E-state index < -0.39 is 0 Å². The Morgan fingerprint density at radius 3 is 2.90 bits per heavy atom. The minimum Gasteiger partial charge on any atom is -0.493 e. The molecule has 21 heavy (non-hydrogen) atoms. The lowest BCUT2D eigenvalue weighted by Crippen LogP contribution is -2.20. The highest BCUT2D eigenvalue weighted by Gasteiger charge is 2.23.